The van der Waals surface area contributed by atoms with Gasteiger partial charge in [0.2, 0.25) is 0 Å². The summed E-state index contributed by atoms with van der Waals surface area (Å²) in [4.78, 5) is 22.0. The zero-order chi connectivity index (χ0) is 15.4. The maximum absolute atomic E-state index is 12.1. The molecule has 2 N–H and O–H groups in total. The molecule has 0 amide bonds. The van der Waals surface area contributed by atoms with Crippen LogP contribution in [0.3, 0.4) is 0 Å². The van der Waals surface area contributed by atoms with Crippen molar-refractivity contribution >= 4 is 10.9 Å². The number of aliphatic hydroxyl groups excluding tert-OH is 1. The Hall–Kier alpha value is -1.72. The molecule has 0 saturated carbocycles. The molecule has 1 aliphatic rings. The molecule has 0 spiro atoms. The van der Waals surface area contributed by atoms with Crippen LogP contribution < -0.4 is 5.56 Å². The number of aromatic nitrogens is 2. The van der Waals surface area contributed by atoms with Crippen LogP contribution in [0.4, 0.5) is 0 Å². The highest BCUT2D eigenvalue weighted by Crippen LogP contribution is 2.21. The number of fused-ring (bicyclic) bond motifs is 1. The van der Waals surface area contributed by atoms with Gasteiger partial charge in [0.25, 0.3) is 5.56 Å². The molecule has 1 atom stereocenters. The number of hydrogen-bond donors (Lipinski definition) is 2. The first kappa shape index (κ1) is 15.2. The summed E-state index contributed by atoms with van der Waals surface area (Å²) in [5.41, 5.74) is 0.707. The van der Waals surface area contributed by atoms with Gasteiger partial charge in [-0.05, 0) is 44.4 Å². The number of likely N-dealkylation sites (tertiary alicyclic amines) is 1. The molecule has 1 aromatic carbocycles. The maximum atomic E-state index is 12.1. The summed E-state index contributed by atoms with van der Waals surface area (Å²) in [6, 6.07) is 8.02. The van der Waals surface area contributed by atoms with E-state index < -0.39 is 0 Å². The summed E-state index contributed by atoms with van der Waals surface area (Å²) in [6.45, 7) is 2.29. The van der Waals surface area contributed by atoms with E-state index in [1.165, 1.54) is 12.8 Å². The third kappa shape index (κ3) is 3.36. The van der Waals surface area contributed by atoms with Crippen LogP contribution in [0.25, 0.3) is 10.9 Å². The molecule has 22 heavy (non-hydrogen) atoms. The zero-order valence-electron chi connectivity index (χ0n) is 12.8. The minimum absolute atomic E-state index is 0.0566. The summed E-state index contributed by atoms with van der Waals surface area (Å²) in [5.74, 6) is 0.761. The van der Waals surface area contributed by atoms with Gasteiger partial charge in [0, 0.05) is 25.6 Å². The van der Waals surface area contributed by atoms with Gasteiger partial charge >= 0.3 is 0 Å². The van der Waals surface area contributed by atoms with Gasteiger partial charge in [0.1, 0.15) is 5.82 Å². The Bertz CT molecular complexity index is 683. The Balaban J connectivity index is 1.67. The Morgan fingerprint density at radius 3 is 3.09 bits per heavy atom. The SMILES string of the molecule is O=c1[nH]c(CCN2CCCC2CCCO)nc2ccccc12. The molecular formula is C17H23N3O2. The number of rotatable bonds is 6. The molecule has 1 unspecified atom stereocenters. The van der Waals surface area contributed by atoms with Crippen LogP contribution >= 0.6 is 0 Å². The van der Waals surface area contributed by atoms with Crippen molar-refractivity contribution in [3.05, 3.63) is 40.4 Å². The molecule has 0 radical (unpaired) electrons. The summed E-state index contributed by atoms with van der Waals surface area (Å²) in [7, 11) is 0. The minimum atomic E-state index is -0.0566. The van der Waals surface area contributed by atoms with Crippen LogP contribution in [0.1, 0.15) is 31.5 Å². The van der Waals surface area contributed by atoms with Gasteiger partial charge in [-0.25, -0.2) is 4.98 Å². The van der Waals surface area contributed by atoms with Crippen LogP contribution in [0.15, 0.2) is 29.1 Å². The van der Waals surface area contributed by atoms with Crippen molar-refractivity contribution in [1.82, 2.24) is 14.9 Å². The summed E-state index contributed by atoms with van der Waals surface area (Å²) >= 11 is 0. The number of aromatic amines is 1. The zero-order valence-corrected chi connectivity index (χ0v) is 12.8. The van der Waals surface area contributed by atoms with Gasteiger partial charge in [0.05, 0.1) is 10.9 Å². The fourth-order valence-corrected chi connectivity index (χ4v) is 3.35. The third-order valence-corrected chi connectivity index (χ3v) is 4.49. The average Bonchev–Trinajstić information content (AvgIpc) is 2.98. The van der Waals surface area contributed by atoms with E-state index in [4.69, 9.17) is 5.11 Å². The van der Waals surface area contributed by atoms with Crippen molar-refractivity contribution in [2.24, 2.45) is 0 Å². The van der Waals surface area contributed by atoms with Gasteiger partial charge in [-0.1, -0.05) is 12.1 Å². The topological polar surface area (TPSA) is 69.2 Å². The van der Waals surface area contributed by atoms with Crippen molar-refractivity contribution in [3.8, 4) is 0 Å². The number of hydrogen-bond acceptors (Lipinski definition) is 4. The van der Waals surface area contributed by atoms with Crippen LogP contribution in [0.5, 0.6) is 0 Å². The van der Waals surface area contributed by atoms with E-state index in [0.29, 0.717) is 11.4 Å². The van der Waals surface area contributed by atoms with Crippen molar-refractivity contribution in [2.45, 2.75) is 38.1 Å². The molecule has 1 saturated heterocycles. The van der Waals surface area contributed by atoms with Gasteiger partial charge < -0.3 is 10.1 Å². The molecule has 0 aliphatic carbocycles. The molecule has 1 fully saturated rings. The lowest BCUT2D eigenvalue weighted by atomic mass is 10.1. The second kappa shape index (κ2) is 7.03. The minimum Gasteiger partial charge on any atom is -0.396 e. The lowest BCUT2D eigenvalue weighted by molar-refractivity contribution is 0.217. The van der Waals surface area contributed by atoms with Gasteiger partial charge in [-0.3, -0.25) is 9.69 Å². The highest BCUT2D eigenvalue weighted by molar-refractivity contribution is 5.77. The van der Waals surface area contributed by atoms with Gasteiger partial charge in [-0.2, -0.15) is 0 Å². The lowest BCUT2D eigenvalue weighted by Gasteiger charge is -2.23. The summed E-state index contributed by atoms with van der Waals surface area (Å²) in [6.07, 6.45) is 5.11. The number of para-hydroxylation sites is 1. The molecule has 1 aromatic heterocycles. The Labute approximate surface area is 130 Å². The van der Waals surface area contributed by atoms with Crippen molar-refractivity contribution in [2.75, 3.05) is 19.7 Å². The lowest BCUT2D eigenvalue weighted by Crippen LogP contribution is -2.32. The van der Waals surface area contributed by atoms with E-state index in [-0.39, 0.29) is 12.2 Å². The largest absolute Gasteiger partial charge is 0.396 e. The number of aliphatic hydroxyl groups is 1. The normalized spacial score (nSPS) is 19.0. The average molecular weight is 301 g/mol. The Morgan fingerprint density at radius 2 is 2.23 bits per heavy atom. The molecule has 2 heterocycles. The van der Waals surface area contributed by atoms with E-state index in [9.17, 15) is 4.79 Å². The van der Waals surface area contributed by atoms with Gasteiger partial charge in [-0.15, -0.1) is 0 Å². The smallest absolute Gasteiger partial charge is 0.258 e. The van der Waals surface area contributed by atoms with Crippen molar-refractivity contribution in [3.63, 3.8) is 0 Å². The van der Waals surface area contributed by atoms with Gasteiger partial charge in [0.15, 0.2) is 0 Å². The second-order valence-electron chi connectivity index (χ2n) is 5.98. The molecule has 5 heteroatoms. The fraction of sp³-hybridized carbons (Fsp3) is 0.529. The summed E-state index contributed by atoms with van der Waals surface area (Å²) < 4.78 is 0. The fourth-order valence-electron chi connectivity index (χ4n) is 3.35. The second-order valence-corrected chi connectivity index (χ2v) is 5.98. The maximum Gasteiger partial charge on any atom is 0.258 e. The molecule has 5 nitrogen and oxygen atoms in total. The quantitative estimate of drug-likeness (QED) is 0.852. The van der Waals surface area contributed by atoms with E-state index in [1.807, 2.05) is 18.2 Å². The van der Waals surface area contributed by atoms with E-state index in [1.54, 1.807) is 6.07 Å². The van der Waals surface area contributed by atoms with Crippen LogP contribution in [-0.2, 0) is 6.42 Å². The monoisotopic (exact) mass is 301 g/mol. The van der Waals surface area contributed by atoms with Crippen LogP contribution in [0.2, 0.25) is 0 Å². The molecule has 1 aliphatic heterocycles. The number of nitrogens with zero attached hydrogens (tertiary/aromatic N) is 2. The third-order valence-electron chi connectivity index (χ3n) is 4.49. The highest BCUT2D eigenvalue weighted by atomic mass is 16.2. The van der Waals surface area contributed by atoms with E-state index in [0.717, 1.165) is 43.7 Å². The first-order chi connectivity index (χ1) is 10.8. The number of H-pyrrole nitrogens is 1. The molecule has 2 aromatic rings. The predicted molar refractivity (Wildman–Crippen MR) is 87.0 cm³/mol. The predicted octanol–water partition coefficient (Wildman–Crippen LogP) is 1.70. The van der Waals surface area contributed by atoms with E-state index >= 15 is 0 Å². The van der Waals surface area contributed by atoms with Crippen LogP contribution in [-0.4, -0.2) is 45.7 Å². The van der Waals surface area contributed by atoms with Crippen molar-refractivity contribution < 1.29 is 5.11 Å². The van der Waals surface area contributed by atoms with Crippen LogP contribution in [0, 0.1) is 0 Å². The summed E-state index contributed by atoms with van der Waals surface area (Å²) in [5, 5.41) is 9.63. The molecular weight excluding hydrogens is 278 g/mol. The van der Waals surface area contributed by atoms with E-state index in [2.05, 4.69) is 14.9 Å². The molecule has 3 rings (SSSR count). The molecule has 118 valence electrons. The Morgan fingerprint density at radius 1 is 1.36 bits per heavy atom. The molecule has 0 bridgehead atoms. The first-order valence-corrected chi connectivity index (χ1v) is 8.11. The number of benzene rings is 1. The van der Waals surface area contributed by atoms with Crippen molar-refractivity contribution in [1.29, 1.82) is 0 Å². The Kier molecular flexibility index (Phi) is 4.85. The standard InChI is InChI=1S/C17H23N3O2/c21-12-4-6-13-5-3-10-20(13)11-9-16-18-15-8-2-1-7-14(15)17(22)19-16/h1-2,7-8,13,21H,3-6,9-12H2,(H,18,19,22). The number of nitrogens with one attached hydrogen (secondary N) is 1. The highest BCUT2D eigenvalue weighted by Gasteiger charge is 2.23. The first-order valence-electron chi connectivity index (χ1n) is 8.11.